The lowest BCUT2D eigenvalue weighted by Gasteiger charge is -2.06. The molecule has 0 atom stereocenters. The summed E-state index contributed by atoms with van der Waals surface area (Å²) in [4.78, 5) is 27.4. The van der Waals surface area contributed by atoms with Crippen molar-refractivity contribution in [1.82, 2.24) is 24.5 Å². The highest BCUT2D eigenvalue weighted by Crippen LogP contribution is 2.17. The molecule has 0 spiro atoms. The molecule has 8 heteroatoms. The largest absolute Gasteiger partial charge is 0.508 e. The Morgan fingerprint density at radius 2 is 1.83 bits per heavy atom. The maximum absolute atomic E-state index is 12.2. The highest BCUT2D eigenvalue weighted by atomic mass is 16.3. The van der Waals surface area contributed by atoms with Gasteiger partial charge in [0.2, 0.25) is 11.9 Å². The molecule has 0 bridgehead atoms. The number of hydrogen-bond acceptors (Lipinski definition) is 6. The Kier molecular flexibility index (Phi) is 3.20. The highest BCUT2D eigenvalue weighted by molar-refractivity contribution is 5.76. The van der Waals surface area contributed by atoms with Gasteiger partial charge in [0.15, 0.2) is 0 Å². The van der Waals surface area contributed by atoms with E-state index in [1.54, 1.807) is 24.3 Å². The first-order valence-electron chi connectivity index (χ1n) is 7.16. The summed E-state index contributed by atoms with van der Waals surface area (Å²) in [7, 11) is 0. The molecule has 0 unspecified atom stereocenters. The lowest BCUT2D eigenvalue weighted by Crippen LogP contribution is -2.18. The summed E-state index contributed by atoms with van der Waals surface area (Å²) in [6, 6.07) is 13.8. The molecule has 3 N–H and O–H groups in total. The Bertz CT molecular complexity index is 1070. The molecule has 0 aliphatic carbocycles. The van der Waals surface area contributed by atoms with E-state index in [4.69, 9.17) is 0 Å². The standard InChI is InChI=1S/C16H12N6O2/c23-11-7-5-10(6-8-11)19-14-17-9-18-15(21-14)22-13-4-2-1-3-12(13)20-16(22)24/h1-9,23H,(H,20,24)(H,17,18,19,21). The molecule has 4 rings (SSSR count). The molecule has 8 nitrogen and oxygen atoms in total. The topological polar surface area (TPSA) is 109 Å². The van der Waals surface area contributed by atoms with Gasteiger partial charge in [0.1, 0.15) is 12.1 Å². The van der Waals surface area contributed by atoms with Crippen LogP contribution in [0.2, 0.25) is 0 Å². The van der Waals surface area contributed by atoms with E-state index < -0.39 is 0 Å². The van der Waals surface area contributed by atoms with Crippen LogP contribution >= 0.6 is 0 Å². The number of rotatable bonds is 3. The smallest absolute Gasteiger partial charge is 0.333 e. The average Bonchev–Trinajstić information content (AvgIpc) is 2.93. The Hall–Kier alpha value is -3.68. The zero-order valence-electron chi connectivity index (χ0n) is 12.3. The Balaban J connectivity index is 1.75. The fourth-order valence-corrected chi connectivity index (χ4v) is 2.38. The molecule has 2 aromatic carbocycles. The Morgan fingerprint density at radius 3 is 2.67 bits per heavy atom. The number of H-pyrrole nitrogens is 1. The van der Waals surface area contributed by atoms with E-state index in [2.05, 4.69) is 25.3 Å². The van der Waals surface area contributed by atoms with Crippen LogP contribution in [0.15, 0.2) is 59.7 Å². The zero-order valence-corrected chi connectivity index (χ0v) is 12.3. The molecule has 2 aromatic heterocycles. The summed E-state index contributed by atoms with van der Waals surface area (Å²) in [5.41, 5.74) is 1.77. The Morgan fingerprint density at radius 1 is 1.04 bits per heavy atom. The van der Waals surface area contributed by atoms with Crippen molar-refractivity contribution in [3.05, 3.63) is 65.3 Å². The van der Waals surface area contributed by atoms with Gasteiger partial charge in [0.25, 0.3) is 0 Å². The normalized spacial score (nSPS) is 10.8. The Labute approximate surface area is 135 Å². The molecular weight excluding hydrogens is 308 g/mol. The van der Waals surface area contributed by atoms with Crippen LogP contribution in [-0.2, 0) is 0 Å². The number of aromatic hydroxyl groups is 1. The molecule has 118 valence electrons. The molecule has 0 aliphatic rings. The average molecular weight is 320 g/mol. The summed E-state index contributed by atoms with van der Waals surface area (Å²) in [6.07, 6.45) is 1.33. The first-order valence-corrected chi connectivity index (χ1v) is 7.16. The number of aromatic amines is 1. The lowest BCUT2D eigenvalue weighted by molar-refractivity contribution is 0.475. The number of benzene rings is 2. The quantitative estimate of drug-likeness (QED) is 0.498. The van der Waals surface area contributed by atoms with Crippen molar-refractivity contribution in [2.24, 2.45) is 0 Å². The summed E-state index contributed by atoms with van der Waals surface area (Å²) in [6.45, 7) is 0. The molecule has 0 amide bonds. The van der Waals surface area contributed by atoms with Crippen LogP contribution in [0.4, 0.5) is 11.6 Å². The second-order valence-electron chi connectivity index (χ2n) is 5.06. The van der Waals surface area contributed by atoms with Crippen LogP contribution in [0, 0.1) is 0 Å². The van der Waals surface area contributed by atoms with Crippen LogP contribution in [0.3, 0.4) is 0 Å². The number of phenols is 1. The van der Waals surface area contributed by atoms with Crippen molar-refractivity contribution in [3.8, 4) is 11.7 Å². The predicted octanol–water partition coefficient (Wildman–Crippen LogP) is 1.95. The van der Waals surface area contributed by atoms with Crippen LogP contribution in [0.1, 0.15) is 0 Å². The number of fused-ring (bicyclic) bond motifs is 1. The molecule has 4 aromatic rings. The molecule has 0 aliphatic heterocycles. The molecule has 0 saturated heterocycles. The van der Waals surface area contributed by atoms with Gasteiger partial charge in [-0.1, -0.05) is 12.1 Å². The number of phenolic OH excluding ortho intramolecular Hbond substituents is 1. The van der Waals surface area contributed by atoms with Crippen LogP contribution in [0.25, 0.3) is 17.0 Å². The van der Waals surface area contributed by atoms with Crippen LogP contribution in [-0.4, -0.2) is 29.6 Å². The summed E-state index contributed by atoms with van der Waals surface area (Å²) in [5.74, 6) is 0.679. The van der Waals surface area contributed by atoms with E-state index in [0.29, 0.717) is 22.7 Å². The summed E-state index contributed by atoms with van der Waals surface area (Å²) >= 11 is 0. The first-order chi connectivity index (χ1) is 11.7. The second-order valence-corrected chi connectivity index (χ2v) is 5.06. The van der Waals surface area contributed by atoms with Gasteiger partial charge in [0.05, 0.1) is 11.0 Å². The monoisotopic (exact) mass is 320 g/mol. The second kappa shape index (κ2) is 5.51. The van der Waals surface area contributed by atoms with Gasteiger partial charge >= 0.3 is 5.69 Å². The fraction of sp³-hybridized carbons (Fsp3) is 0. The van der Waals surface area contributed by atoms with E-state index >= 15 is 0 Å². The van der Waals surface area contributed by atoms with Crippen molar-refractivity contribution in [3.63, 3.8) is 0 Å². The third-order valence-corrected chi connectivity index (χ3v) is 3.47. The van der Waals surface area contributed by atoms with Crippen molar-refractivity contribution in [2.75, 3.05) is 5.32 Å². The number of imidazole rings is 1. The van der Waals surface area contributed by atoms with Gasteiger partial charge in [-0.15, -0.1) is 0 Å². The van der Waals surface area contributed by atoms with Crippen molar-refractivity contribution in [2.45, 2.75) is 0 Å². The van der Waals surface area contributed by atoms with E-state index in [0.717, 1.165) is 0 Å². The van der Waals surface area contributed by atoms with Crippen molar-refractivity contribution < 1.29 is 5.11 Å². The van der Waals surface area contributed by atoms with Crippen LogP contribution < -0.4 is 11.0 Å². The maximum atomic E-state index is 12.2. The number of hydrogen-bond donors (Lipinski definition) is 3. The van der Waals surface area contributed by atoms with Gasteiger partial charge in [-0.2, -0.15) is 4.98 Å². The van der Waals surface area contributed by atoms with E-state index in [9.17, 15) is 9.90 Å². The molecule has 24 heavy (non-hydrogen) atoms. The molecule has 0 radical (unpaired) electrons. The third-order valence-electron chi connectivity index (χ3n) is 3.47. The maximum Gasteiger partial charge on any atom is 0.333 e. The van der Waals surface area contributed by atoms with Gasteiger partial charge in [-0.3, -0.25) is 0 Å². The number of anilines is 2. The highest BCUT2D eigenvalue weighted by Gasteiger charge is 2.11. The number of aromatic nitrogens is 5. The fourth-order valence-electron chi connectivity index (χ4n) is 2.38. The summed E-state index contributed by atoms with van der Waals surface area (Å²) < 4.78 is 1.39. The van der Waals surface area contributed by atoms with Gasteiger partial charge in [-0.05, 0) is 36.4 Å². The van der Waals surface area contributed by atoms with E-state index in [-0.39, 0.29) is 17.4 Å². The SMILES string of the molecule is O=c1[nH]c2ccccc2n1-c1ncnc(Nc2ccc(O)cc2)n1. The van der Waals surface area contributed by atoms with Gasteiger partial charge < -0.3 is 15.4 Å². The number of para-hydroxylation sites is 2. The minimum atomic E-state index is -0.321. The number of nitrogens with one attached hydrogen (secondary N) is 2. The van der Waals surface area contributed by atoms with Crippen molar-refractivity contribution >= 4 is 22.7 Å². The predicted molar refractivity (Wildman–Crippen MR) is 88.7 cm³/mol. The minimum Gasteiger partial charge on any atom is -0.508 e. The molecule has 0 fully saturated rings. The summed E-state index contributed by atoms with van der Waals surface area (Å²) in [5, 5.41) is 12.3. The van der Waals surface area contributed by atoms with Gasteiger partial charge in [-0.25, -0.2) is 19.3 Å². The van der Waals surface area contributed by atoms with Crippen LogP contribution in [0.5, 0.6) is 5.75 Å². The first kappa shape index (κ1) is 13.9. The number of nitrogens with zero attached hydrogens (tertiary/aromatic N) is 4. The third kappa shape index (κ3) is 2.45. The zero-order chi connectivity index (χ0) is 16.5. The van der Waals surface area contributed by atoms with E-state index in [1.165, 1.54) is 10.9 Å². The molecule has 0 saturated carbocycles. The van der Waals surface area contributed by atoms with Gasteiger partial charge in [0, 0.05) is 5.69 Å². The molecule has 2 heterocycles. The molecular formula is C16H12N6O2. The minimum absolute atomic E-state index is 0.169. The lowest BCUT2D eigenvalue weighted by atomic mass is 10.3. The van der Waals surface area contributed by atoms with Crippen molar-refractivity contribution in [1.29, 1.82) is 0 Å². The van der Waals surface area contributed by atoms with E-state index in [1.807, 2.05) is 24.3 Å².